The molecule has 1 saturated carbocycles. The monoisotopic (exact) mass is 582 g/mol. The SMILES string of the molecule is Cc1cc(-c2nnc(-c3ccc(NS(=O)(=O)CCO)cc3N3CCC4(CC3)CC4)o2)nc(OCCC(F)(F)F)n1. The maximum absolute atomic E-state index is 12.5. The topological polar surface area (TPSA) is 144 Å². The Bertz CT molecular complexity index is 1470. The molecule has 1 aromatic carbocycles. The summed E-state index contributed by atoms with van der Waals surface area (Å²) in [6.45, 7) is 2.07. The second-order valence-corrected chi connectivity index (χ2v) is 12.0. The maximum atomic E-state index is 12.5. The second kappa shape index (κ2) is 10.8. The first-order chi connectivity index (χ1) is 18.9. The number of aromatic nitrogens is 4. The average Bonchev–Trinajstić information content (AvgIpc) is 3.43. The molecule has 2 aromatic heterocycles. The molecule has 1 aliphatic heterocycles. The molecule has 1 aliphatic carbocycles. The predicted octanol–water partition coefficient (Wildman–Crippen LogP) is 3.95. The van der Waals surface area contributed by atoms with Crippen molar-refractivity contribution in [2.45, 2.75) is 45.2 Å². The highest BCUT2D eigenvalue weighted by atomic mass is 32.2. The van der Waals surface area contributed by atoms with Crippen LogP contribution in [0.1, 0.15) is 37.8 Å². The molecule has 3 aromatic rings. The van der Waals surface area contributed by atoms with Crippen LogP contribution in [0.3, 0.4) is 0 Å². The maximum Gasteiger partial charge on any atom is 0.392 e. The van der Waals surface area contributed by atoms with Crippen molar-refractivity contribution in [3.8, 4) is 29.0 Å². The number of nitrogens with zero attached hydrogens (tertiary/aromatic N) is 5. The number of benzene rings is 1. The van der Waals surface area contributed by atoms with Crippen molar-refractivity contribution in [3.63, 3.8) is 0 Å². The first kappa shape index (κ1) is 28.1. The Labute approximate surface area is 228 Å². The van der Waals surface area contributed by atoms with E-state index in [1.54, 1.807) is 31.2 Å². The molecular weight excluding hydrogens is 553 g/mol. The van der Waals surface area contributed by atoms with E-state index in [1.807, 2.05) is 0 Å². The summed E-state index contributed by atoms with van der Waals surface area (Å²) in [5.41, 5.74) is 2.68. The molecule has 2 N–H and O–H groups in total. The number of aliphatic hydroxyl groups is 1. The lowest BCUT2D eigenvalue weighted by Gasteiger charge is -2.35. The van der Waals surface area contributed by atoms with E-state index in [0.29, 0.717) is 28.0 Å². The van der Waals surface area contributed by atoms with Crippen LogP contribution in [0.15, 0.2) is 28.7 Å². The average molecular weight is 583 g/mol. The smallest absolute Gasteiger partial charge is 0.392 e. The molecule has 1 saturated heterocycles. The van der Waals surface area contributed by atoms with Crippen molar-refractivity contribution >= 4 is 21.4 Å². The number of ether oxygens (including phenoxy) is 1. The number of halogens is 3. The Morgan fingerprint density at radius 3 is 2.50 bits per heavy atom. The van der Waals surface area contributed by atoms with Crippen molar-refractivity contribution in [1.29, 1.82) is 0 Å². The number of aryl methyl sites for hydroxylation is 1. The Balaban J connectivity index is 1.43. The van der Waals surface area contributed by atoms with E-state index in [9.17, 15) is 21.6 Å². The highest BCUT2D eigenvalue weighted by molar-refractivity contribution is 7.92. The van der Waals surface area contributed by atoms with Crippen molar-refractivity contribution < 1.29 is 35.8 Å². The quantitative estimate of drug-likeness (QED) is 0.361. The van der Waals surface area contributed by atoms with Crippen molar-refractivity contribution in [2.24, 2.45) is 5.41 Å². The van der Waals surface area contributed by atoms with Gasteiger partial charge in [0, 0.05) is 18.8 Å². The van der Waals surface area contributed by atoms with Crippen molar-refractivity contribution in [3.05, 3.63) is 30.0 Å². The highest BCUT2D eigenvalue weighted by Gasteiger charge is 2.44. The Hall–Kier alpha value is -3.46. The molecule has 216 valence electrons. The fourth-order valence-electron chi connectivity index (χ4n) is 4.70. The Morgan fingerprint density at radius 2 is 1.82 bits per heavy atom. The van der Waals surface area contributed by atoms with Gasteiger partial charge in [-0.05, 0) is 62.3 Å². The molecule has 3 heterocycles. The molecule has 15 heteroatoms. The van der Waals surface area contributed by atoms with Crippen molar-refractivity contribution in [2.75, 3.05) is 41.7 Å². The van der Waals surface area contributed by atoms with Crippen LogP contribution in [-0.2, 0) is 10.0 Å². The lowest BCUT2D eigenvalue weighted by atomic mass is 9.93. The van der Waals surface area contributed by atoms with Crippen molar-refractivity contribution in [1.82, 2.24) is 20.2 Å². The molecule has 5 rings (SSSR count). The number of sulfonamides is 1. The third kappa shape index (κ3) is 6.81. The first-order valence-electron chi connectivity index (χ1n) is 12.8. The van der Waals surface area contributed by atoms with Gasteiger partial charge in [-0.1, -0.05) is 0 Å². The number of anilines is 2. The normalized spacial score (nSPS) is 16.8. The molecule has 2 fully saturated rings. The molecule has 0 unspecified atom stereocenters. The summed E-state index contributed by atoms with van der Waals surface area (Å²) in [5, 5.41) is 17.3. The van der Waals surface area contributed by atoms with Crippen LogP contribution in [0.25, 0.3) is 23.0 Å². The molecule has 11 nitrogen and oxygen atoms in total. The van der Waals surface area contributed by atoms with Gasteiger partial charge >= 0.3 is 12.2 Å². The first-order valence-corrected chi connectivity index (χ1v) is 14.5. The summed E-state index contributed by atoms with van der Waals surface area (Å²) >= 11 is 0. The molecule has 1 spiro atoms. The van der Waals surface area contributed by atoms with Crippen LogP contribution in [0.5, 0.6) is 6.01 Å². The minimum absolute atomic E-state index is 0.0235. The summed E-state index contributed by atoms with van der Waals surface area (Å²) in [6.07, 6.45) is -1.01. The fraction of sp³-hybridized carbons (Fsp3) is 0.520. The zero-order valence-electron chi connectivity index (χ0n) is 21.7. The number of rotatable bonds is 10. The third-order valence-electron chi connectivity index (χ3n) is 7.08. The van der Waals surface area contributed by atoms with E-state index in [2.05, 4.69) is 29.8 Å². The number of piperidine rings is 1. The number of alkyl halides is 3. The summed E-state index contributed by atoms with van der Waals surface area (Å²) in [4.78, 5) is 10.3. The van der Waals surface area contributed by atoms with Crippen LogP contribution in [0, 0.1) is 12.3 Å². The highest BCUT2D eigenvalue weighted by Crippen LogP contribution is 2.54. The van der Waals surface area contributed by atoms with E-state index in [1.165, 1.54) is 12.8 Å². The van der Waals surface area contributed by atoms with E-state index in [0.717, 1.165) is 25.9 Å². The number of aliphatic hydroxyl groups excluding tert-OH is 1. The van der Waals surface area contributed by atoms with Gasteiger partial charge in [0.2, 0.25) is 15.9 Å². The zero-order valence-corrected chi connectivity index (χ0v) is 22.6. The van der Waals surface area contributed by atoms with Gasteiger partial charge in [0.15, 0.2) is 0 Å². The van der Waals surface area contributed by atoms with Crippen LogP contribution in [0.2, 0.25) is 0 Å². The minimum Gasteiger partial charge on any atom is -0.463 e. The molecule has 2 aliphatic rings. The largest absolute Gasteiger partial charge is 0.463 e. The molecule has 0 atom stereocenters. The Morgan fingerprint density at radius 1 is 1.10 bits per heavy atom. The second-order valence-electron chi connectivity index (χ2n) is 10.2. The summed E-state index contributed by atoms with van der Waals surface area (Å²) in [7, 11) is -3.73. The van der Waals surface area contributed by atoms with Gasteiger partial charge in [-0.2, -0.15) is 18.2 Å². The van der Waals surface area contributed by atoms with Gasteiger partial charge in [-0.15, -0.1) is 10.2 Å². The van der Waals surface area contributed by atoms with E-state index >= 15 is 0 Å². The Kier molecular flexibility index (Phi) is 7.61. The summed E-state index contributed by atoms with van der Waals surface area (Å²) in [5.74, 6) is -0.239. The van der Waals surface area contributed by atoms with Gasteiger partial charge in [0.05, 0.1) is 35.7 Å². The molecule has 0 bridgehead atoms. The van der Waals surface area contributed by atoms with Crippen LogP contribution in [0.4, 0.5) is 24.5 Å². The van der Waals surface area contributed by atoms with Crippen LogP contribution in [-0.4, -0.2) is 71.9 Å². The van der Waals surface area contributed by atoms with Gasteiger partial charge in [-0.3, -0.25) is 4.72 Å². The van der Waals surface area contributed by atoms with Crippen LogP contribution < -0.4 is 14.4 Å². The number of nitrogens with one attached hydrogen (secondary N) is 1. The third-order valence-corrected chi connectivity index (χ3v) is 8.34. The minimum atomic E-state index is -4.37. The van der Waals surface area contributed by atoms with Gasteiger partial charge in [0.1, 0.15) is 12.3 Å². The van der Waals surface area contributed by atoms with E-state index in [4.69, 9.17) is 14.3 Å². The van der Waals surface area contributed by atoms with Gasteiger partial charge in [0.25, 0.3) is 5.89 Å². The number of hydrogen-bond donors (Lipinski definition) is 2. The summed E-state index contributed by atoms with van der Waals surface area (Å²) in [6, 6.07) is 6.28. The predicted molar refractivity (Wildman–Crippen MR) is 139 cm³/mol. The lowest BCUT2D eigenvalue weighted by molar-refractivity contribution is -0.139. The lowest BCUT2D eigenvalue weighted by Crippen LogP contribution is -2.34. The van der Waals surface area contributed by atoms with E-state index in [-0.39, 0.29) is 23.5 Å². The number of hydrogen-bond acceptors (Lipinski definition) is 10. The molecule has 0 radical (unpaired) electrons. The van der Waals surface area contributed by atoms with Crippen LogP contribution >= 0.6 is 0 Å². The standard InChI is InChI=1S/C25H29F3N6O5S/c1-16-14-19(30-23(29-16)38-12-8-25(26,27)28)22-32-31-21(39-22)18-3-2-17(33-40(36,37)13-11-35)15-20(18)34-9-6-24(4-5-24)7-10-34/h2-3,14-15,33,35H,4-13H2,1H3. The van der Waals surface area contributed by atoms with Gasteiger partial charge in [-0.25, -0.2) is 13.4 Å². The summed E-state index contributed by atoms with van der Waals surface area (Å²) < 4.78 is 75.5. The molecular formula is C25H29F3N6O5S. The molecule has 40 heavy (non-hydrogen) atoms. The van der Waals surface area contributed by atoms with Gasteiger partial charge < -0.3 is 19.2 Å². The fourth-order valence-corrected chi connectivity index (χ4v) is 5.52. The van der Waals surface area contributed by atoms with E-state index < -0.39 is 41.6 Å². The zero-order chi connectivity index (χ0) is 28.5. The molecule has 0 amide bonds.